The third-order valence-corrected chi connectivity index (χ3v) is 5.51. The highest BCUT2D eigenvalue weighted by atomic mass is 32.2. The molecule has 1 aliphatic rings. The van der Waals surface area contributed by atoms with Crippen molar-refractivity contribution < 1.29 is 27.2 Å². The van der Waals surface area contributed by atoms with Crippen LogP contribution in [-0.2, 0) is 15.8 Å². The lowest BCUT2D eigenvalue weighted by molar-refractivity contribution is 0.0202. The van der Waals surface area contributed by atoms with E-state index in [1.54, 1.807) is 23.1 Å². The zero-order valence-corrected chi connectivity index (χ0v) is 17.8. The van der Waals surface area contributed by atoms with Crippen molar-refractivity contribution in [2.45, 2.75) is 50.0 Å². The number of hydrogen-bond acceptors (Lipinski definition) is 7. The van der Waals surface area contributed by atoms with Crippen molar-refractivity contribution in [2.24, 2.45) is 0 Å². The number of likely N-dealkylation sites (tertiary alicyclic amines) is 1. The van der Waals surface area contributed by atoms with E-state index in [1.807, 2.05) is 20.8 Å². The Balaban J connectivity index is 1.44. The topological polar surface area (TPSA) is 119 Å². The minimum atomic E-state index is -2.06. The van der Waals surface area contributed by atoms with Crippen molar-refractivity contribution in [3.8, 4) is 11.7 Å². The molecule has 3 heterocycles. The van der Waals surface area contributed by atoms with Gasteiger partial charge in [0.25, 0.3) is 5.89 Å². The molecular weight excluding hydrogens is 410 g/mol. The maximum absolute atomic E-state index is 12.2. The van der Waals surface area contributed by atoms with Crippen molar-refractivity contribution in [2.75, 3.05) is 13.1 Å². The lowest BCUT2D eigenvalue weighted by atomic mass is 9.96. The molecular formula is C20H23N3O6S. The average molecular weight is 433 g/mol. The first-order chi connectivity index (χ1) is 14.2. The maximum atomic E-state index is 12.2. The highest BCUT2D eigenvalue weighted by Crippen LogP contribution is 2.31. The number of carbonyl (C=O) groups is 1. The first-order valence-corrected chi connectivity index (χ1v) is 10.8. The highest BCUT2D eigenvalue weighted by molar-refractivity contribution is 7.79. The van der Waals surface area contributed by atoms with E-state index in [0.717, 1.165) is 0 Å². The van der Waals surface area contributed by atoms with E-state index in [0.29, 0.717) is 48.5 Å². The Morgan fingerprint density at radius 1 is 1.27 bits per heavy atom. The number of benzene rings is 1. The number of piperidine rings is 1. The summed E-state index contributed by atoms with van der Waals surface area (Å²) in [7, 11) is 0. The van der Waals surface area contributed by atoms with Crippen LogP contribution >= 0.6 is 0 Å². The summed E-state index contributed by atoms with van der Waals surface area (Å²) in [6, 6.07) is 6.45. The molecule has 0 spiro atoms. The quantitative estimate of drug-likeness (QED) is 0.611. The van der Waals surface area contributed by atoms with Gasteiger partial charge in [0.2, 0.25) is 0 Å². The Bertz CT molecular complexity index is 1090. The number of hydrogen-bond donors (Lipinski definition) is 1. The summed E-state index contributed by atoms with van der Waals surface area (Å²) in [4.78, 5) is 18.7. The van der Waals surface area contributed by atoms with Gasteiger partial charge in [-0.25, -0.2) is 9.00 Å². The van der Waals surface area contributed by atoms with E-state index in [4.69, 9.17) is 13.7 Å². The summed E-state index contributed by atoms with van der Waals surface area (Å²) < 4.78 is 37.0. The summed E-state index contributed by atoms with van der Waals surface area (Å²) in [6.45, 7) is 6.67. The summed E-state index contributed by atoms with van der Waals surface area (Å²) in [5.41, 5.74) is 0.0420. The molecule has 1 amide bonds. The van der Waals surface area contributed by atoms with Crippen molar-refractivity contribution in [1.29, 1.82) is 0 Å². The van der Waals surface area contributed by atoms with Gasteiger partial charge in [-0.1, -0.05) is 5.16 Å². The van der Waals surface area contributed by atoms with Crippen LogP contribution in [0, 0.1) is 0 Å². The van der Waals surface area contributed by atoms with Crippen LogP contribution in [0.3, 0.4) is 0 Å². The molecule has 1 atom stereocenters. The number of carbonyl (C=O) groups excluding carboxylic acids is 1. The molecule has 9 nitrogen and oxygen atoms in total. The van der Waals surface area contributed by atoms with Crippen LogP contribution in [0.2, 0.25) is 0 Å². The average Bonchev–Trinajstić information content (AvgIpc) is 3.33. The number of amides is 1. The zero-order chi connectivity index (χ0) is 21.5. The highest BCUT2D eigenvalue weighted by Gasteiger charge is 2.30. The van der Waals surface area contributed by atoms with Crippen molar-refractivity contribution in [3.63, 3.8) is 0 Å². The first-order valence-electron chi connectivity index (χ1n) is 9.66. The van der Waals surface area contributed by atoms with Crippen LogP contribution in [0.15, 0.2) is 38.1 Å². The largest absolute Gasteiger partial charge is 0.451 e. The van der Waals surface area contributed by atoms with Gasteiger partial charge in [0.1, 0.15) is 11.2 Å². The molecule has 30 heavy (non-hydrogen) atoms. The Morgan fingerprint density at radius 3 is 2.67 bits per heavy atom. The van der Waals surface area contributed by atoms with Gasteiger partial charge in [-0.3, -0.25) is 0 Å². The lowest BCUT2D eigenvalue weighted by Crippen LogP contribution is -2.41. The summed E-state index contributed by atoms with van der Waals surface area (Å²) in [5.74, 6) is 1.30. The number of fused-ring (bicyclic) bond motifs is 1. The maximum Gasteiger partial charge on any atom is 0.410 e. The molecule has 1 unspecified atom stereocenters. The van der Waals surface area contributed by atoms with Crippen LogP contribution < -0.4 is 0 Å². The monoisotopic (exact) mass is 433 g/mol. The van der Waals surface area contributed by atoms with Gasteiger partial charge in [0.15, 0.2) is 22.7 Å². The summed E-state index contributed by atoms with van der Waals surface area (Å²) >= 11 is -2.06. The van der Waals surface area contributed by atoms with Gasteiger partial charge in [-0.2, -0.15) is 4.98 Å². The van der Waals surface area contributed by atoms with Crippen LogP contribution in [0.25, 0.3) is 22.6 Å². The Labute approximate surface area is 175 Å². The fraction of sp³-hybridized carbons (Fsp3) is 0.450. The third kappa shape index (κ3) is 4.39. The molecule has 10 heteroatoms. The molecule has 0 saturated carbocycles. The Hall–Kier alpha value is -2.72. The molecule has 1 N–H and O–H groups in total. The molecule has 1 aliphatic heterocycles. The van der Waals surface area contributed by atoms with Crippen molar-refractivity contribution in [3.05, 3.63) is 30.1 Å². The first kappa shape index (κ1) is 20.5. The number of aromatic nitrogens is 2. The van der Waals surface area contributed by atoms with Gasteiger partial charge < -0.3 is 23.1 Å². The number of furan rings is 1. The van der Waals surface area contributed by atoms with Crippen LogP contribution in [0.5, 0.6) is 0 Å². The van der Waals surface area contributed by atoms with E-state index in [1.165, 1.54) is 6.07 Å². The second kappa shape index (κ2) is 7.84. The smallest absolute Gasteiger partial charge is 0.410 e. The second-order valence-electron chi connectivity index (χ2n) is 8.26. The minimum absolute atomic E-state index is 0.0778. The number of nitrogens with zero attached hydrogens (tertiary/aromatic N) is 3. The van der Waals surface area contributed by atoms with Gasteiger partial charge in [-0.15, -0.1) is 0 Å². The lowest BCUT2D eigenvalue weighted by Gasteiger charge is -2.32. The van der Waals surface area contributed by atoms with Gasteiger partial charge in [0.05, 0.1) is 4.90 Å². The number of rotatable bonds is 3. The minimum Gasteiger partial charge on any atom is -0.451 e. The van der Waals surface area contributed by atoms with Crippen LogP contribution in [0.1, 0.15) is 45.4 Å². The Morgan fingerprint density at radius 2 is 2.00 bits per heavy atom. The van der Waals surface area contributed by atoms with E-state index < -0.39 is 16.7 Å². The molecule has 1 saturated heterocycles. The predicted octanol–water partition coefficient (Wildman–Crippen LogP) is 4.18. The zero-order valence-electron chi connectivity index (χ0n) is 17.0. The molecule has 0 aliphatic carbocycles. The summed E-state index contributed by atoms with van der Waals surface area (Å²) in [5, 5.41) is 4.77. The fourth-order valence-corrected chi connectivity index (χ4v) is 3.80. The van der Waals surface area contributed by atoms with E-state index >= 15 is 0 Å². The Kier molecular flexibility index (Phi) is 5.37. The van der Waals surface area contributed by atoms with Gasteiger partial charge in [-0.05, 0) is 57.9 Å². The van der Waals surface area contributed by atoms with E-state index in [-0.39, 0.29) is 22.8 Å². The second-order valence-corrected chi connectivity index (χ2v) is 9.23. The summed E-state index contributed by atoms with van der Waals surface area (Å²) in [6.07, 6.45) is 1.12. The van der Waals surface area contributed by atoms with Crippen LogP contribution in [-0.4, -0.2) is 48.6 Å². The molecule has 0 radical (unpaired) electrons. The van der Waals surface area contributed by atoms with Gasteiger partial charge >= 0.3 is 6.09 Å². The fourth-order valence-electron chi connectivity index (χ4n) is 3.38. The predicted molar refractivity (Wildman–Crippen MR) is 108 cm³/mol. The van der Waals surface area contributed by atoms with E-state index in [2.05, 4.69) is 10.1 Å². The molecule has 1 aromatic carbocycles. The molecule has 1 fully saturated rings. The standard InChI is InChI=1S/C20H23N3O6S/c1-20(2,3)28-19(24)23-8-6-12(7-9-23)17-21-18(29-22-17)16-11-13-10-14(30(25)26)4-5-15(13)27-16/h4-5,10-12H,6-9H2,1-3H3,(H,25,26). The van der Waals surface area contributed by atoms with Crippen LogP contribution in [0.4, 0.5) is 4.79 Å². The molecule has 3 aromatic rings. The van der Waals surface area contributed by atoms with E-state index in [9.17, 15) is 13.6 Å². The van der Waals surface area contributed by atoms with Crippen molar-refractivity contribution >= 4 is 28.1 Å². The number of ether oxygens (including phenoxy) is 1. The molecule has 4 rings (SSSR count). The third-order valence-electron chi connectivity index (χ3n) is 4.85. The normalized spacial score (nSPS) is 16.7. The molecule has 2 aromatic heterocycles. The molecule has 0 bridgehead atoms. The van der Waals surface area contributed by atoms with Crippen molar-refractivity contribution in [1.82, 2.24) is 15.0 Å². The SMILES string of the molecule is CC(C)(C)OC(=O)N1CCC(c2noc(-c3cc4cc(S(=O)O)ccc4o3)n2)CC1. The molecule has 160 valence electrons. The van der Waals surface area contributed by atoms with Gasteiger partial charge in [0, 0.05) is 24.4 Å².